The van der Waals surface area contributed by atoms with Gasteiger partial charge in [0.25, 0.3) is 0 Å². The number of para-hydroxylation sites is 3. The number of fused-ring (bicyclic) bond motifs is 5. The molecule has 0 saturated heterocycles. The monoisotopic (exact) mass is 826 g/mol. The first-order chi connectivity index (χ1) is 27.7. The molecule has 3 heteroatoms. The van der Waals surface area contributed by atoms with E-state index in [2.05, 4.69) is 237 Å². The molecule has 0 fully saturated rings. The van der Waals surface area contributed by atoms with E-state index in [9.17, 15) is 0 Å². The van der Waals surface area contributed by atoms with Crippen molar-refractivity contribution in [3.63, 3.8) is 0 Å². The van der Waals surface area contributed by atoms with E-state index in [-0.39, 0.29) is 6.17 Å². The van der Waals surface area contributed by atoms with Gasteiger partial charge in [-0.05, 0) is 124 Å². The van der Waals surface area contributed by atoms with E-state index < -0.39 is 0 Å². The second-order valence-electron chi connectivity index (χ2n) is 14.7. The Balaban J connectivity index is 1.10. The third kappa shape index (κ3) is 5.37. The minimum atomic E-state index is 0.0245. The Bertz CT molecular complexity index is 3120. The van der Waals surface area contributed by atoms with E-state index in [1.807, 2.05) is 0 Å². The summed E-state index contributed by atoms with van der Waals surface area (Å²) >= 11 is 2.49. The van der Waals surface area contributed by atoms with Crippen molar-refractivity contribution in [3.8, 4) is 33.4 Å². The van der Waals surface area contributed by atoms with E-state index in [1.54, 1.807) is 0 Å². The number of rotatable bonds is 5. The summed E-state index contributed by atoms with van der Waals surface area (Å²) in [6.45, 7) is 0. The largest absolute Gasteiger partial charge is 0.314 e. The fraction of sp³-hybridized carbons (Fsp3) is 0.0189. The van der Waals surface area contributed by atoms with E-state index in [0.717, 1.165) is 0 Å². The number of halogens is 1. The van der Waals surface area contributed by atoms with Gasteiger partial charge in [-0.1, -0.05) is 164 Å². The molecule has 1 heterocycles. The summed E-state index contributed by atoms with van der Waals surface area (Å²) in [6.07, 6.45) is 0.0245. The van der Waals surface area contributed by atoms with Crippen molar-refractivity contribution in [3.05, 3.63) is 212 Å². The van der Waals surface area contributed by atoms with Crippen molar-refractivity contribution in [2.75, 3.05) is 8.01 Å². The highest BCUT2D eigenvalue weighted by molar-refractivity contribution is 14.1. The van der Waals surface area contributed by atoms with E-state index in [1.165, 1.54) is 99.1 Å². The fourth-order valence-corrected chi connectivity index (χ4v) is 9.86. The Hall–Kier alpha value is -6.43. The standard InChI is InChI=1S/C53H35IN2/c54-56-50-21-11-10-20-49(50)55(44-16-2-1-3-17-44)53(56)38-26-22-37(23-27-38)41-30-31-47-48(34-41)52(43-29-25-36-13-5-7-15-40(36)33-43)46-19-9-8-18-45(46)51(47)42-28-24-35-12-4-6-14-39(35)32-42/h1-34,53H. The molecule has 0 bridgehead atoms. The van der Waals surface area contributed by atoms with Crippen LogP contribution in [0.1, 0.15) is 11.7 Å². The average Bonchev–Trinajstić information content (AvgIpc) is 3.57. The molecule has 10 aromatic carbocycles. The molecule has 0 aliphatic carbocycles. The molecular weight excluding hydrogens is 792 g/mol. The molecule has 1 unspecified atom stereocenters. The van der Waals surface area contributed by atoms with Gasteiger partial charge in [-0.3, -0.25) is 3.11 Å². The number of anilines is 3. The first-order valence-electron chi connectivity index (χ1n) is 19.2. The van der Waals surface area contributed by atoms with Crippen molar-refractivity contribution in [1.29, 1.82) is 0 Å². The van der Waals surface area contributed by atoms with Crippen molar-refractivity contribution in [2.45, 2.75) is 6.17 Å². The molecule has 11 rings (SSSR count). The first-order valence-corrected chi connectivity index (χ1v) is 20.1. The SMILES string of the molecule is IN1c2ccccc2N(c2ccccc2)C1c1ccc(-c2ccc3c(-c4ccc5ccccc5c4)c4ccccc4c(-c4ccc5ccccc5c4)c3c2)cc1. The van der Waals surface area contributed by atoms with Gasteiger partial charge in [0.05, 0.1) is 34.2 Å². The average molecular weight is 827 g/mol. The summed E-state index contributed by atoms with van der Waals surface area (Å²) < 4.78 is 2.36. The number of hydrogen-bond acceptors (Lipinski definition) is 2. The second kappa shape index (κ2) is 13.4. The zero-order valence-electron chi connectivity index (χ0n) is 30.5. The fourth-order valence-electron chi connectivity index (χ4n) is 8.88. The van der Waals surface area contributed by atoms with Crippen LogP contribution >= 0.6 is 22.9 Å². The summed E-state index contributed by atoms with van der Waals surface area (Å²) in [5, 5.41) is 10.0. The Kier molecular flexibility index (Phi) is 7.88. The van der Waals surface area contributed by atoms with Crippen LogP contribution in [0.3, 0.4) is 0 Å². The third-order valence-corrected chi connectivity index (χ3v) is 12.6. The highest BCUT2D eigenvalue weighted by atomic mass is 127. The summed E-state index contributed by atoms with van der Waals surface area (Å²) in [7, 11) is 0. The molecule has 56 heavy (non-hydrogen) atoms. The van der Waals surface area contributed by atoms with Crippen LogP contribution in [0.5, 0.6) is 0 Å². The van der Waals surface area contributed by atoms with E-state index in [0.29, 0.717) is 0 Å². The lowest BCUT2D eigenvalue weighted by molar-refractivity contribution is 0.795. The molecule has 0 N–H and O–H groups in total. The van der Waals surface area contributed by atoms with E-state index >= 15 is 0 Å². The molecule has 10 aromatic rings. The second-order valence-corrected chi connectivity index (χ2v) is 15.7. The van der Waals surface area contributed by atoms with Crippen molar-refractivity contribution in [1.82, 2.24) is 0 Å². The van der Waals surface area contributed by atoms with Gasteiger partial charge in [-0.25, -0.2) is 0 Å². The van der Waals surface area contributed by atoms with Crippen molar-refractivity contribution < 1.29 is 0 Å². The highest BCUT2D eigenvalue weighted by Gasteiger charge is 2.36. The molecule has 1 aliphatic rings. The number of hydrogen-bond donors (Lipinski definition) is 0. The van der Waals surface area contributed by atoms with Crippen LogP contribution in [0.4, 0.5) is 17.1 Å². The first kappa shape index (κ1) is 33.0. The predicted octanol–water partition coefficient (Wildman–Crippen LogP) is 15.3. The summed E-state index contributed by atoms with van der Waals surface area (Å²) in [5.74, 6) is 0. The Morgan fingerprint density at radius 1 is 0.339 bits per heavy atom. The Labute approximate surface area is 340 Å². The quantitative estimate of drug-likeness (QED) is 0.0969. The maximum atomic E-state index is 2.49. The van der Waals surface area contributed by atoms with Crippen molar-refractivity contribution in [2.24, 2.45) is 0 Å². The molecule has 264 valence electrons. The van der Waals surface area contributed by atoms with Gasteiger partial charge in [-0.2, -0.15) is 0 Å². The minimum absolute atomic E-state index is 0.0245. The topological polar surface area (TPSA) is 6.48 Å². The minimum Gasteiger partial charge on any atom is -0.314 e. The van der Waals surface area contributed by atoms with Gasteiger partial charge < -0.3 is 4.90 Å². The van der Waals surface area contributed by atoms with Crippen LogP contribution in [-0.4, -0.2) is 0 Å². The maximum absolute atomic E-state index is 2.49. The van der Waals surface area contributed by atoms with Crippen LogP contribution in [0.2, 0.25) is 0 Å². The molecule has 0 saturated carbocycles. The summed E-state index contributed by atoms with van der Waals surface area (Å²) in [5.41, 5.74) is 12.3. The zero-order valence-corrected chi connectivity index (χ0v) is 32.6. The van der Waals surface area contributed by atoms with Crippen LogP contribution in [0.15, 0.2) is 206 Å². The van der Waals surface area contributed by atoms with Gasteiger partial charge in [0, 0.05) is 5.69 Å². The molecular formula is C53H35IN2. The lowest BCUT2D eigenvalue weighted by Crippen LogP contribution is -2.26. The molecule has 1 aliphatic heterocycles. The Morgan fingerprint density at radius 3 is 1.46 bits per heavy atom. The highest BCUT2D eigenvalue weighted by Crippen LogP contribution is 2.52. The summed E-state index contributed by atoms with van der Waals surface area (Å²) in [6, 6.07) is 75.9. The van der Waals surface area contributed by atoms with Crippen LogP contribution < -0.4 is 8.01 Å². The smallest absolute Gasteiger partial charge is 0.141 e. The van der Waals surface area contributed by atoms with Gasteiger partial charge in [0.15, 0.2) is 0 Å². The molecule has 1 atom stereocenters. The predicted molar refractivity (Wildman–Crippen MR) is 247 cm³/mol. The normalized spacial score (nSPS) is 13.9. The zero-order chi connectivity index (χ0) is 37.2. The molecule has 0 radical (unpaired) electrons. The number of benzene rings is 10. The lowest BCUT2D eigenvalue weighted by atomic mass is 9.84. The molecule has 0 spiro atoms. The molecule has 0 aromatic heterocycles. The van der Waals surface area contributed by atoms with Crippen molar-refractivity contribution >= 4 is 83.0 Å². The number of nitrogens with zero attached hydrogens (tertiary/aromatic N) is 2. The van der Waals surface area contributed by atoms with E-state index in [4.69, 9.17) is 0 Å². The van der Waals surface area contributed by atoms with Gasteiger partial charge in [0.1, 0.15) is 6.17 Å². The van der Waals surface area contributed by atoms with Gasteiger partial charge >= 0.3 is 0 Å². The summed E-state index contributed by atoms with van der Waals surface area (Å²) in [4.78, 5) is 2.45. The van der Waals surface area contributed by atoms with Crippen LogP contribution in [0, 0.1) is 0 Å². The molecule has 2 nitrogen and oxygen atoms in total. The van der Waals surface area contributed by atoms with Gasteiger partial charge in [-0.15, -0.1) is 0 Å². The van der Waals surface area contributed by atoms with Crippen LogP contribution in [0.25, 0.3) is 76.5 Å². The van der Waals surface area contributed by atoms with Gasteiger partial charge in [0.2, 0.25) is 0 Å². The molecule has 0 amide bonds. The lowest BCUT2D eigenvalue weighted by Gasteiger charge is -2.30. The maximum Gasteiger partial charge on any atom is 0.141 e. The third-order valence-electron chi connectivity index (χ3n) is 11.5. The Morgan fingerprint density at radius 2 is 0.821 bits per heavy atom. The van der Waals surface area contributed by atoms with Crippen LogP contribution in [-0.2, 0) is 0 Å².